The number of carbonyl (C=O) groups is 3. The van der Waals surface area contributed by atoms with Crippen LogP contribution in [0.15, 0.2) is 18.2 Å². The lowest BCUT2D eigenvalue weighted by Crippen LogP contribution is -2.67. The average molecular weight is 481 g/mol. The summed E-state index contributed by atoms with van der Waals surface area (Å²) >= 11 is 0. The van der Waals surface area contributed by atoms with E-state index in [0.29, 0.717) is 23.7 Å². The van der Waals surface area contributed by atoms with Crippen LogP contribution < -0.4 is 15.4 Å². The Hall–Kier alpha value is -3.03. The number of hydrogen-bond acceptors (Lipinski definition) is 4. The van der Waals surface area contributed by atoms with E-state index in [2.05, 4.69) is 10.6 Å². The Morgan fingerprint density at radius 2 is 1.74 bits per heavy atom. The van der Waals surface area contributed by atoms with Crippen LogP contribution in [0.4, 0.5) is 5.69 Å². The second-order valence-corrected chi connectivity index (χ2v) is 10.6. The van der Waals surface area contributed by atoms with Gasteiger partial charge in [0.2, 0.25) is 11.8 Å². The lowest BCUT2D eigenvalue weighted by molar-refractivity contribution is -0.135. The van der Waals surface area contributed by atoms with Gasteiger partial charge in [-0.1, -0.05) is 32.1 Å². The normalized spacial score (nSPS) is 23.4. The minimum Gasteiger partial charge on any atom is -0.497 e. The molecule has 1 aliphatic heterocycles. The Balaban J connectivity index is 1.66. The standard InChI is InChI=1S/C27H36N4O4/c1-17(32)28-23-21-15-20(35-3)13-14-22(21)30-16-27(2,26(34)29-18-9-7-8-10-18)31(25(33)24(23)30)19-11-5-4-6-12-19/h13-15,18-19H,4-12,16H2,1-3H3,(H,28,32)(H,29,34)/t27-/m0/s1. The number of anilines is 1. The summed E-state index contributed by atoms with van der Waals surface area (Å²) in [6, 6.07) is 5.77. The Bertz CT molecular complexity index is 1160. The first-order chi connectivity index (χ1) is 16.8. The van der Waals surface area contributed by atoms with Gasteiger partial charge in [-0.2, -0.15) is 0 Å². The van der Waals surface area contributed by atoms with E-state index >= 15 is 0 Å². The number of aromatic nitrogens is 1. The molecule has 1 aromatic carbocycles. The summed E-state index contributed by atoms with van der Waals surface area (Å²) in [6.07, 6.45) is 9.26. The molecule has 1 atom stereocenters. The van der Waals surface area contributed by atoms with Crippen LogP contribution in [0.5, 0.6) is 5.75 Å². The minimum atomic E-state index is -1.02. The number of rotatable bonds is 5. The van der Waals surface area contributed by atoms with Crippen LogP contribution in [0.3, 0.4) is 0 Å². The number of amides is 3. The van der Waals surface area contributed by atoms with E-state index < -0.39 is 5.54 Å². The van der Waals surface area contributed by atoms with Crippen molar-refractivity contribution in [1.29, 1.82) is 0 Å². The summed E-state index contributed by atoms with van der Waals surface area (Å²) in [5.74, 6) is 0.134. The van der Waals surface area contributed by atoms with E-state index in [1.807, 2.05) is 34.6 Å². The molecule has 1 aromatic heterocycles. The highest BCUT2D eigenvalue weighted by molar-refractivity contribution is 6.14. The van der Waals surface area contributed by atoms with E-state index in [1.165, 1.54) is 6.92 Å². The molecule has 0 spiro atoms. The zero-order chi connectivity index (χ0) is 24.7. The highest BCUT2D eigenvalue weighted by Crippen LogP contribution is 2.42. The minimum absolute atomic E-state index is 0.00190. The van der Waals surface area contributed by atoms with E-state index in [0.717, 1.165) is 68.7 Å². The molecule has 2 saturated carbocycles. The molecule has 0 unspecified atom stereocenters. The topological polar surface area (TPSA) is 92.7 Å². The van der Waals surface area contributed by atoms with Crippen molar-refractivity contribution in [3.8, 4) is 5.75 Å². The van der Waals surface area contributed by atoms with Crippen LogP contribution in [0.25, 0.3) is 10.9 Å². The van der Waals surface area contributed by atoms with E-state index in [-0.39, 0.29) is 29.8 Å². The molecule has 8 nitrogen and oxygen atoms in total. The molecule has 5 rings (SSSR count). The van der Waals surface area contributed by atoms with Gasteiger partial charge in [0.05, 0.1) is 24.9 Å². The van der Waals surface area contributed by atoms with Gasteiger partial charge in [0, 0.05) is 24.4 Å². The van der Waals surface area contributed by atoms with Crippen LogP contribution in [-0.2, 0) is 16.1 Å². The summed E-state index contributed by atoms with van der Waals surface area (Å²) in [7, 11) is 1.59. The monoisotopic (exact) mass is 480 g/mol. The van der Waals surface area contributed by atoms with Crippen molar-refractivity contribution in [1.82, 2.24) is 14.8 Å². The quantitative estimate of drug-likeness (QED) is 0.670. The summed E-state index contributed by atoms with van der Waals surface area (Å²) in [5, 5.41) is 6.93. The van der Waals surface area contributed by atoms with Crippen LogP contribution >= 0.6 is 0 Å². The molecule has 8 heteroatoms. The van der Waals surface area contributed by atoms with E-state index in [4.69, 9.17) is 4.74 Å². The average Bonchev–Trinajstić information content (AvgIpc) is 3.45. The van der Waals surface area contributed by atoms with Crippen molar-refractivity contribution in [2.45, 2.75) is 95.8 Å². The van der Waals surface area contributed by atoms with Crippen molar-refractivity contribution in [3.05, 3.63) is 23.9 Å². The number of hydrogen-bond donors (Lipinski definition) is 2. The van der Waals surface area contributed by atoms with Crippen LogP contribution in [0.2, 0.25) is 0 Å². The van der Waals surface area contributed by atoms with Gasteiger partial charge in [-0.3, -0.25) is 14.4 Å². The summed E-state index contributed by atoms with van der Waals surface area (Å²) in [6.45, 7) is 3.70. The third-order valence-corrected chi connectivity index (χ3v) is 8.11. The number of fused-ring (bicyclic) bond motifs is 3. The molecule has 2 aromatic rings. The van der Waals surface area contributed by atoms with Gasteiger partial charge in [-0.15, -0.1) is 0 Å². The predicted octanol–water partition coefficient (Wildman–Crippen LogP) is 4.21. The van der Waals surface area contributed by atoms with Crippen LogP contribution in [-0.4, -0.2) is 51.9 Å². The van der Waals surface area contributed by atoms with E-state index in [9.17, 15) is 14.4 Å². The van der Waals surface area contributed by atoms with Gasteiger partial charge in [0.15, 0.2) is 0 Å². The Morgan fingerprint density at radius 3 is 2.40 bits per heavy atom. The van der Waals surface area contributed by atoms with Gasteiger partial charge in [-0.25, -0.2) is 0 Å². The Kier molecular flexibility index (Phi) is 6.23. The van der Waals surface area contributed by atoms with Gasteiger partial charge < -0.3 is 24.8 Å². The fraction of sp³-hybridized carbons (Fsp3) is 0.593. The first-order valence-electron chi connectivity index (χ1n) is 13.0. The number of nitrogens with one attached hydrogen (secondary N) is 2. The Labute approximate surface area is 206 Å². The zero-order valence-corrected chi connectivity index (χ0v) is 21.0. The van der Waals surface area contributed by atoms with Crippen LogP contribution in [0.1, 0.15) is 82.1 Å². The highest BCUT2D eigenvalue weighted by atomic mass is 16.5. The third kappa shape index (κ3) is 4.06. The fourth-order valence-corrected chi connectivity index (χ4v) is 6.37. The molecule has 3 aliphatic rings. The predicted molar refractivity (Wildman–Crippen MR) is 135 cm³/mol. The lowest BCUT2D eigenvalue weighted by Gasteiger charge is -2.49. The fourth-order valence-electron chi connectivity index (χ4n) is 6.37. The van der Waals surface area contributed by atoms with Crippen molar-refractivity contribution < 1.29 is 19.1 Å². The van der Waals surface area contributed by atoms with Crippen molar-refractivity contribution in [3.63, 3.8) is 0 Å². The maximum atomic E-state index is 14.3. The summed E-state index contributed by atoms with van der Waals surface area (Å²) in [4.78, 5) is 42.3. The molecule has 0 radical (unpaired) electrons. The molecular weight excluding hydrogens is 444 g/mol. The first kappa shape index (κ1) is 23.7. The number of ether oxygens (including phenoxy) is 1. The molecule has 2 N–H and O–H groups in total. The first-order valence-corrected chi connectivity index (χ1v) is 13.0. The molecule has 0 bridgehead atoms. The Morgan fingerprint density at radius 1 is 1.06 bits per heavy atom. The molecule has 35 heavy (non-hydrogen) atoms. The summed E-state index contributed by atoms with van der Waals surface area (Å²) in [5.41, 5.74) is 0.727. The number of nitrogens with zero attached hydrogens (tertiary/aromatic N) is 2. The third-order valence-electron chi connectivity index (χ3n) is 8.11. The highest BCUT2D eigenvalue weighted by Gasteiger charge is 2.52. The second kappa shape index (κ2) is 9.21. The number of benzene rings is 1. The van der Waals surface area contributed by atoms with Gasteiger partial charge >= 0.3 is 0 Å². The molecular formula is C27H36N4O4. The van der Waals surface area contributed by atoms with Crippen molar-refractivity contribution >= 4 is 34.3 Å². The smallest absolute Gasteiger partial charge is 0.273 e. The van der Waals surface area contributed by atoms with Crippen LogP contribution in [0, 0.1) is 0 Å². The number of methoxy groups -OCH3 is 1. The molecule has 0 saturated heterocycles. The molecule has 3 amide bonds. The number of carbonyl (C=O) groups excluding carboxylic acids is 3. The van der Waals surface area contributed by atoms with Crippen molar-refractivity contribution in [2.75, 3.05) is 12.4 Å². The molecule has 2 heterocycles. The van der Waals surface area contributed by atoms with Crippen molar-refractivity contribution in [2.24, 2.45) is 0 Å². The maximum absolute atomic E-state index is 14.3. The zero-order valence-electron chi connectivity index (χ0n) is 21.0. The molecule has 2 fully saturated rings. The van der Waals surface area contributed by atoms with E-state index in [1.54, 1.807) is 7.11 Å². The van der Waals surface area contributed by atoms with Gasteiger partial charge in [0.25, 0.3) is 5.91 Å². The largest absolute Gasteiger partial charge is 0.497 e. The van der Waals surface area contributed by atoms with Gasteiger partial charge in [0.1, 0.15) is 17.0 Å². The molecule has 188 valence electrons. The lowest BCUT2D eigenvalue weighted by atomic mass is 9.86. The van der Waals surface area contributed by atoms with Gasteiger partial charge in [-0.05, 0) is 50.8 Å². The molecule has 2 aliphatic carbocycles. The summed E-state index contributed by atoms with van der Waals surface area (Å²) < 4.78 is 7.36. The SMILES string of the molecule is COc1ccc2c(c1)c(NC(C)=O)c1n2C[C@@](C)(C(=O)NC2CCCC2)N(C2CCCCC2)C1=O. The maximum Gasteiger partial charge on any atom is 0.273 e. The second-order valence-electron chi connectivity index (χ2n) is 10.6.